The quantitative estimate of drug-likeness (QED) is 0.0490. The number of hydrogen-bond donors (Lipinski definition) is 5. The van der Waals surface area contributed by atoms with Gasteiger partial charge >= 0.3 is 0 Å². The van der Waals surface area contributed by atoms with Gasteiger partial charge in [0.25, 0.3) is 20.2 Å². The second kappa shape index (κ2) is 17.7. The van der Waals surface area contributed by atoms with E-state index in [1.807, 2.05) is 38.1 Å². The van der Waals surface area contributed by atoms with Crippen LogP contribution in [0.2, 0.25) is 0 Å². The number of rotatable bonds is 15. The first-order valence-electron chi connectivity index (χ1n) is 19.3. The largest absolute Gasteiger partial charge is 0.505 e. The van der Waals surface area contributed by atoms with Crippen molar-refractivity contribution in [3.8, 4) is 11.5 Å². The van der Waals surface area contributed by atoms with Gasteiger partial charge in [-0.15, -0.1) is 10.2 Å². The van der Waals surface area contributed by atoms with E-state index < -0.39 is 36.1 Å². The van der Waals surface area contributed by atoms with Crippen LogP contribution in [0.5, 0.6) is 11.5 Å². The highest BCUT2D eigenvalue weighted by molar-refractivity contribution is 7.86. The van der Waals surface area contributed by atoms with Gasteiger partial charge in [-0.05, 0) is 53.3 Å². The summed E-state index contributed by atoms with van der Waals surface area (Å²) in [5.41, 5.74) is 2.81. The molecular weight excluding hydrogens is 793 g/mol. The van der Waals surface area contributed by atoms with E-state index >= 15 is 0 Å². The Balaban J connectivity index is 1.40. The summed E-state index contributed by atoms with van der Waals surface area (Å²) in [4.78, 5) is -0.825. The molecule has 0 aromatic heterocycles. The van der Waals surface area contributed by atoms with E-state index in [1.165, 1.54) is 24.3 Å². The summed E-state index contributed by atoms with van der Waals surface area (Å²) < 4.78 is 68.8. The van der Waals surface area contributed by atoms with E-state index in [0.717, 1.165) is 36.1 Å². The van der Waals surface area contributed by atoms with Crippen LogP contribution < -0.4 is 0 Å². The minimum Gasteiger partial charge on any atom is -0.505 e. The molecule has 13 nitrogen and oxygen atoms in total. The fourth-order valence-electron chi connectivity index (χ4n) is 7.75. The Labute approximate surface area is 343 Å². The van der Waals surface area contributed by atoms with Crippen molar-refractivity contribution in [1.82, 2.24) is 0 Å². The molecule has 308 valence electrons. The van der Waals surface area contributed by atoms with Crippen LogP contribution in [-0.4, -0.2) is 41.3 Å². The maximum absolute atomic E-state index is 12.3. The molecule has 0 fully saturated rings. The van der Waals surface area contributed by atoms with Crippen LogP contribution in [0.25, 0.3) is 21.5 Å². The average molecular weight is 839 g/mol. The lowest BCUT2D eigenvalue weighted by Crippen LogP contribution is -2.15. The maximum Gasteiger partial charge on any atom is 0.295 e. The highest BCUT2D eigenvalue weighted by atomic mass is 32.2. The van der Waals surface area contributed by atoms with Crippen LogP contribution in [-0.2, 0) is 20.2 Å². The van der Waals surface area contributed by atoms with Gasteiger partial charge in [-0.3, -0.25) is 9.11 Å². The molecule has 0 amide bonds. The van der Waals surface area contributed by atoms with Gasteiger partial charge in [0.05, 0.1) is 17.5 Å². The number of hydrogen-bond acceptors (Lipinski definition) is 11. The standard InChI is InChI=1S/C44H46N4O9S2/c1-5-26(6-2)41(28-17-20-30(21-18-28)45-47-37-24-39(58(52,53)54)31-13-9-11-15-33(31)43(37)50)29-19-22-36(35(23-29)42(49)27(7-3)8-4)46-48-38-25-40(59(55,56)57)32-14-10-12-16-34(32)44(38)51/h9-27,41-42,49-51H,5-8H2,1-4H3,(H,52,53,54)(H,55,56,57)/b47-45+,48-46+. The minimum absolute atomic E-state index is 0.119. The zero-order chi connectivity index (χ0) is 42.6. The van der Waals surface area contributed by atoms with Gasteiger partial charge in [0, 0.05) is 33.0 Å². The Morgan fingerprint density at radius 2 is 0.932 bits per heavy atom. The number of aliphatic hydroxyl groups excluding tert-OH is 1. The fraction of sp³-hybridized carbons (Fsp3) is 0.273. The van der Waals surface area contributed by atoms with Crippen molar-refractivity contribution in [3.63, 3.8) is 0 Å². The van der Waals surface area contributed by atoms with Crippen molar-refractivity contribution in [2.24, 2.45) is 32.3 Å². The molecule has 5 N–H and O–H groups in total. The SMILES string of the molecule is CCC(CC)C(O)c1cc(C(c2ccc(/N=N/c3cc(S(=O)(=O)O)c4ccccc4c3O)cc2)C(CC)CC)ccc1/N=N/c1cc(S(=O)(=O)O)c2ccccc2c1O. The smallest absolute Gasteiger partial charge is 0.295 e. The zero-order valence-electron chi connectivity index (χ0n) is 32.9. The van der Waals surface area contributed by atoms with Gasteiger partial charge in [-0.25, -0.2) is 0 Å². The summed E-state index contributed by atoms with van der Waals surface area (Å²) in [5, 5.41) is 51.5. The first-order chi connectivity index (χ1) is 28.1. The molecular formula is C44H46N4O9S2. The van der Waals surface area contributed by atoms with Crippen molar-refractivity contribution >= 4 is 64.5 Å². The molecule has 0 saturated heterocycles. The van der Waals surface area contributed by atoms with Crippen molar-refractivity contribution in [3.05, 3.63) is 120 Å². The van der Waals surface area contributed by atoms with Gasteiger partial charge in [-0.2, -0.15) is 27.1 Å². The third-order valence-corrected chi connectivity index (χ3v) is 12.8. The Hall–Kier alpha value is -5.58. The van der Waals surface area contributed by atoms with Crippen LogP contribution in [0.4, 0.5) is 22.7 Å². The lowest BCUT2D eigenvalue weighted by atomic mass is 9.77. The van der Waals surface area contributed by atoms with Crippen LogP contribution >= 0.6 is 0 Å². The third-order valence-electron chi connectivity index (χ3n) is 11.0. The zero-order valence-corrected chi connectivity index (χ0v) is 34.6. The Morgan fingerprint density at radius 3 is 1.39 bits per heavy atom. The van der Waals surface area contributed by atoms with Crippen LogP contribution in [0.1, 0.15) is 82.1 Å². The van der Waals surface area contributed by atoms with Crippen LogP contribution in [0, 0.1) is 11.8 Å². The average Bonchev–Trinajstić information content (AvgIpc) is 3.22. The molecule has 2 unspecified atom stereocenters. The van der Waals surface area contributed by atoms with E-state index in [9.17, 15) is 41.3 Å². The molecule has 0 heterocycles. The molecule has 2 atom stereocenters. The van der Waals surface area contributed by atoms with Gasteiger partial charge in [0.15, 0.2) is 11.5 Å². The van der Waals surface area contributed by atoms with E-state index in [0.29, 0.717) is 29.8 Å². The number of phenolic OH excluding ortho intramolecular Hbond substituents is 2. The second-order valence-electron chi connectivity index (χ2n) is 14.4. The number of phenols is 2. The lowest BCUT2D eigenvalue weighted by Gasteiger charge is -2.28. The number of aliphatic hydroxyl groups is 1. The number of fused-ring (bicyclic) bond motifs is 2. The number of nitrogens with zero attached hydrogens (tertiary/aromatic N) is 4. The summed E-state index contributed by atoms with van der Waals surface area (Å²) in [5.74, 6) is -0.683. The van der Waals surface area contributed by atoms with Gasteiger partial charge in [0.2, 0.25) is 0 Å². The summed E-state index contributed by atoms with van der Waals surface area (Å²) in [7, 11) is -9.32. The van der Waals surface area contributed by atoms with Crippen LogP contribution in [0.3, 0.4) is 0 Å². The summed E-state index contributed by atoms with van der Waals surface area (Å²) in [6.07, 6.45) is 2.10. The molecule has 0 saturated carbocycles. The number of aromatic hydroxyl groups is 2. The van der Waals surface area contributed by atoms with Crippen LogP contribution in [0.15, 0.2) is 133 Å². The van der Waals surface area contributed by atoms with Crippen molar-refractivity contribution in [2.45, 2.75) is 75.2 Å². The molecule has 15 heteroatoms. The second-order valence-corrected chi connectivity index (χ2v) is 17.2. The fourth-order valence-corrected chi connectivity index (χ4v) is 9.19. The highest BCUT2D eigenvalue weighted by Crippen LogP contribution is 2.44. The van der Waals surface area contributed by atoms with Gasteiger partial charge in [-0.1, -0.05) is 126 Å². The number of benzene rings is 6. The molecule has 0 aliphatic rings. The third kappa shape index (κ3) is 9.04. The Bertz CT molecular complexity index is 2780. The van der Waals surface area contributed by atoms with Gasteiger partial charge in [0.1, 0.15) is 21.2 Å². The maximum atomic E-state index is 12.3. The molecule has 6 rings (SSSR count). The Kier molecular flexibility index (Phi) is 12.9. The van der Waals surface area contributed by atoms with Crippen molar-refractivity contribution in [1.29, 1.82) is 0 Å². The molecule has 0 aliphatic heterocycles. The van der Waals surface area contributed by atoms with Crippen molar-refractivity contribution < 1.29 is 41.3 Å². The molecule has 0 spiro atoms. The van der Waals surface area contributed by atoms with Crippen molar-refractivity contribution in [2.75, 3.05) is 0 Å². The topological polar surface area (TPSA) is 219 Å². The first-order valence-corrected chi connectivity index (χ1v) is 22.2. The first kappa shape index (κ1) is 43.0. The normalized spacial score (nSPS) is 13.7. The predicted molar refractivity (Wildman–Crippen MR) is 227 cm³/mol. The van der Waals surface area contributed by atoms with E-state index in [2.05, 4.69) is 34.3 Å². The summed E-state index contributed by atoms with van der Waals surface area (Å²) in [6, 6.07) is 27.5. The van der Waals surface area contributed by atoms with E-state index in [1.54, 1.807) is 42.5 Å². The van der Waals surface area contributed by atoms with Gasteiger partial charge < -0.3 is 15.3 Å². The predicted octanol–water partition coefficient (Wildman–Crippen LogP) is 11.8. The molecule has 6 aromatic rings. The molecule has 0 aliphatic carbocycles. The summed E-state index contributed by atoms with van der Waals surface area (Å²) in [6.45, 7) is 8.21. The molecule has 0 radical (unpaired) electrons. The summed E-state index contributed by atoms with van der Waals surface area (Å²) >= 11 is 0. The minimum atomic E-state index is -4.68. The molecule has 0 bridgehead atoms. The highest BCUT2D eigenvalue weighted by Gasteiger charge is 2.27. The van der Waals surface area contributed by atoms with E-state index in [4.69, 9.17) is 0 Å². The lowest BCUT2D eigenvalue weighted by molar-refractivity contribution is 0.104. The molecule has 6 aromatic carbocycles. The molecule has 59 heavy (non-hydrogen) atoms. The Morgan fingerprint density at radius 1 is 0.508 bits per heavy atom. The number of azo groups is 2. The monoisotopic (exact) mass is 838 g/mol. The van der Waals surface area contributed by atoms with E-state index in [-0.39, 0.29) is 62.2 Å².